The van der Waals surface area contributed by atoms with Crippen molar-refractivity contribution in [2.45, 2.75) is 0 Å². The fourth-order valence-electron chi connectivity index (χ4n) is 2.47. The number of hydrogen-bond donors (Lipinski definition) is 2. The Labute approximate surface area is 111 Å². The molecule has 6 nitrogen and oxygen atoms in total. The number of fused-ring (bicyclic) bond motifs is 1. The number of nitrogens with one attached hydrogen (secondary N) is 1. The molecule has 0 radical (unpaired) electrons. The molecule has 6 heteroatoms. The lowest BCUT2D eigenvalue weighted by molar-refractivity contribution is -0.129. The molecule has 1 aliphatic heterocycles. The van der Waals surface area contributed by atoms with Crippen LogP contribution in [0.3, 0.4) is 0 Å². The van der Waals surface area contributed by atoms with E-state index in [0.717, 1.165) is 37.1 Å². The van der Waals surface area contributed by atoms with E-state index in [1.807, 2.05) is 17.2 Å². The zero-order valence-electron chi connectivity index (χ0n) is 10.7. The van der Waals surface area contributed by atoms with E-state index in [1.54, 1.807) is 0 Å². The first-order chi connectivity index (χ1) is 9.28. The van der Waals surface area contributed by atoms with Gasteiger partial charge >= 0.3 is 0 Å². The van der Waals surface area contributed by atoms with Crippen LogP contribution >= 0.6 is 0 Å². The van der Waals surface area contributed by atoms with Gasteiger partial charge in [0.25, 0.3) is 0 Å². The van der Waals surface area contributed by atoms with Crippen LogP contribution in [0.5, 0.6) is 0 Å². The van der Waals surface area contributed by atoms with E-state index in [1.165, 1.54) is 5.69 Å². The van der Waals surface area contributed by atoms with Crippen LogP contribution in [0.15, 0.2) is 24.4 Å². The van der Waals surface area contributed by atoms with E-state index in [-0.39, 0.29) is 12.5 Å². The monoisotopic (exact) mass is 259 g/mol. The Kier molecular flexibility index (Phi) is 3.08. The molecule has 3 N–H and O–H groups in total. The summed E-state index contributed by atoms with van der Waals surface area (Å²) in [7, 11) is 0. The number of anilines is 1. The van der Waals surface area contributed by atoms with E-state index in [4.69, 9.17) is 5.73 Å². The first-order valence-corrected chi connectivity index (χ1v) is 6.44. The summed E-state index contributed by atoms with van der Waals surface area (Å²) >= 11 is 0. The number of benzene rings is 1. The second-order valence-electron chi connectivity index (χ2n) is 4.71. The van der Waals surface area contributed by atoms with Crippen LogP contribution in [-0.2, 0) is 4.79 Å². The van der Waals surface area contributed by atoms with Gasteiger partial charge in [0.2, 0.25) is 5.91 Å². The molecule has 0 aliphatic carbocycles. The Hall–Kier alpha value is -2.08. The van der Waals surface area contributed by atoms with Crippen molar-refractivity contribution in [3.8, 4) is 0 Å². The number of H-pyrrole nitrogens is 1. The van der Waals surface area contributed by atoms with Gasteiger partial charge in [-0.25, -0.2) is 0 Å². The molecule has 2 aromatic rings. The van der Waals surface area contributed by atoms with Crippen LogP contribution in [0.25, 0.3) is 10.9 Å². The molecule has 1 aromatic heterocycles. The lowest BCUT2D eigenvalue weighted by atomic mass is 10.2. The van der Waals surface area contributed by atoms with Crippen LogP contribution in [0, 0.1) is 0 Å². The minimum Gasteiger partial charge on any atom is -0.368 e. The van der Waals surface area contributed by atoms with Crippen molar-refractivity contribution in [2.24, 2.45) is 5.73 Å². The van der Waals surface area contributed by atoms with Crippen molar-refractivity contribution >= 4 is 22.5 Å². The second-order valence-corrected chi connectivity index (χ2v) is 4.71. The number of nitrogens with two attached hydrogens (primary N) is 1. The molecule has 1 saturated heterocycles. The average molecular weight is 259 g/mol. The molecule has 1 aliphatic rings. The maximum atomic E-state index is 11.5. The van der Waals surface area contributed by atoms with Crippen LogP contribution in [0.4, 0.5) is 5.69 Å². The van der Waals surface area contributed by atoms with Crippen molar-refractivity contribution in [2.75, 3.05) is 37.6 Å². The summed E-state index contributed by atoms with van der Waals surface area (Å²) in [5.41, 5.74) is 7.60. The van der Waals surface area contributed by atoms with Gasteiger partial charge in [0.15, 0.2) is 0 Å². The number of aromatic amines is 1. The number of carbonyl (C=O) groups excluding carboxylic acids is 1. The largest absolute Gasteiger partial charge is 0.368 e. The first kappa shape index (κ1) is 12.0. The van der Waals surface area contributed by atoms with Crippen LogP contribution in [0.1, 0.15) is 0 Å². The Morgan fingerprint density at radius 2 is 2.11 bits per heavy atom. The molecule has 0 spiro atoms. The number of aromatic nitrogens is 2. The molecule has 0 atom stereocenters. The predicted octanol–water partition coefficient (Wildman–Crippen LogP) is 0.170. The van der Waals surface area contributed by atoms with Gasteiger partial charge in [-0.15, -0.1) is 0 Å². The molecule has 0 bridgehead atoms. The van der Waals surface area contributed by atoms with Crippen LogP contribution < -0.4 is 10.6 Å². The van der Waals surface area contributed by atoms with Gasteiger partial charge in [-0.2, -0.15) is 5.10 Å². The molecule has 2 heterocycles. The maximum absolute atomic E-state index is 11.5. The SMILES string of the molecule is NCC(=O)N1CCN(c2ccc3[nH]ncc3c2)CC1. The molecule has 1 fully saturated rings. The number of rotatable bonds is 2. The highest BCUT2D eigenvalue weighted by molar-refractivity contribution is 5.82. The highest BCUT2D eigenvalue weighted by atomic mass is 16.2. The third-order valence-corrected chi connectivity index (χ3v) is 3.60. The topological polar surface area (TPSA) is 78.3 Å². The predicted molar refractivity (Wildman–Crippen MR) is 73.9 cm³/mol. The van der Waals surface area contributed by atoms with Gasteiger partial charge in [0.1, 0.15) is 0 Å². The zero-order chi connectivity index (χ0) is 13.2. The normalized spacial score (nSPS) is 16.1. The van der Waals surface area contributed by atoms with Gasteiger partial charge in [-0.05, 0) is 18.2 Å². The minimum atomic E-state index is 0.0323. The second kappa shape index (κ2) is 4.89. The number of amides is 1. The van der Waals surface area contributed by atoms with E-state index in [2.05, 4.69) is 27.2 Å². The van der Waals surface area contributed by atoms with Gasteiger partial charge in [-0.1, -0.05) is 0 Å². The molecule has 1 amide bonds. The number of piperazine rings is 1. The van der Waals surface area contributed by atoms with E-state index >= 15 is 0 Å². The zero-order valence-corrected chi connectivity index (χ0v) is 10.7. The minimum absolute atomic E-state index is 0.0323. The molecular formula is C13H17N5O. The molecule has 0 saturated carbocycles. The molecule has 0 unspecified atom stereocenters. The Morgan fingerprint density at radius 3 is 2.84 bits per heavy atom. The van der Waals surface area contributed by atoms with Gasteiger partial charge in [-0.3, -0.25) is 9.89 Å². The summed E-state index contributed by atoms with van der Waals surface area (Å²) < 4.78 is 0. The molecule has 1 aromatic carbocycles. The summed E-state index contributed by atoms with van der Waals surface area (Å²) in [5.74, 6) is 0.0323. The first-order valence-electron chi connectivity index (χ1n) is 6.44. The van der Waals surface area contributed by atoms with E-state index < -0.39 is 0 Å². The van der Waals surface area contributed by atoms with Crippen molar-refractivity contribution < 1.29 is 4.79 Å². The van der Waals surface area contributed by atoms with Gasteiger partial charge in [0, 0.05) is 37.3 Å². The fourth-order valence-corrected chi connectivity index (χ4v) is 2.47. The van der Waals surface area contributed by atoms with Crippen molar-refractivity contribution in [3.05, 3.63) is 24.4 Å². The Balaban J connectivity index is 1.72. The molecule has 100 valence electrons. The lowest BCUT2D eigenvalue weighted by Gasteiger charge is -2.36. The lowest BCUT2D eigenvalue weighted by Crippen LogP contribution is -2.50. The standard InChI is InChI=1S/C13H17N5O/c14-8-13(19)18-5-3-17(4-6-18)11-1-2-12-10(7-11)9-15-16-12/h1-2,7,9H,3-6,8,14H2,(H,15,16). The highest BCUT2D eigenvalue weighted by Crippen LogP contribution is 2.21. The fraction of sp³-hybridized carbons (Fsp3) is 0.385. The Bertz CT molecular complexity index is 585. The summed E-state index contributed by atoms with van der Waals surface area (Å²) in [6.45, 7) is 3.25. The number of nitrogens with zero attached hydrogens (tertiary/aromatic N) is 3. The Morgan fingerprint density at radius 1 is 1.32 bits per heavy atom. The number of carbonyl (C=O) groups is 1. The highest BCUT2D eigenvalue weighted by Gasteiger charge is 2.20. The summed E-state index contributed by atoms with van der Waals surface area (Å²) in [6.07, 6.45) is 1.83. The molecule has 19 heavy (non-hydrogen) atoms. The van der Waals surface area contributed by atoms with E-state index in [0.29, 0.717) is 0 Å². The van der Waals surface area contributed by atoms with E-state index in [9.17, 15) is 4.79 Å². The summed E-state index contributed by atoms with van der Waals surface area (Å²) in [6, 6.07) is 6.25. The summed E-state index contributed by atoms with van der Waals surface area (Å²) in [5, 5.41) is 8.08. The molecule has 3 rings (SSSR count). The van der Waals surface area contributed by atoms with Gasteiger partial charge in [0.05, 0.1) is 18.3 Å². The van der Waals surface area contributed by atoms with Crippen LogP contribution in [0.2, 0.25) is 0 Å². The number of hydrogen-bond acceptors (Lipinski definition) is 4. The third-order valence-electron chi connectivity index (χ3n) is 3.60. The van der Waals surface area contributed by atoms with Crippen molar-refractivity contribution in [1.82, 2.24) is 15.1 Å². The average Bonchev–Trinajstić information content (AvgIpc) is 2.94. The summed E-state index contributed by atoms with van der Waals surface area (Å²) in [4.78, 5) is 15.6. The third kappa shape index (κ3) is 2.26. The maximum Gasteiger partial charge on any atom is 0.236 e. The smallest absolute Gasteiger partial charge is 0.236 e. The van der Waals surface area contributed by atoms with Crippen molar-refractivity contribution in [1.29, 1.82) is 0 Å². The quantitative estimate of drug-likeness (QED) is 0.806. The van der Waals surface area contributed by atoms with Crippen molar-refractivity contribution in [3.63, 3.8) is 0 Å². The van der Waals surface area contributed by atoms with Crippen LogP contribution in [-0.4, -0.2) is 53.7 Å². The van der Waals surface area contributed by atoms with Gasteiger partial charge < -0.3 is 15.5 Å². The molecular weight excluding hydrogens is 242 g/mol.